The summed E-state index contributed by atoms with van der Waals surface area (Å²) in [4.78, 5) is 14.2. The lowest BCUT2D eigenvalue weighted by Gasteiger charge is -2.22. The van der Waals surface area contributed by atoms with Crippen LogP contribution in [0.5, 0.6) is 11.5 Å². The van der Waals surface area contributed by atoms with E-state index in [9.17, 15) is 13.2 Å². The number of hydrogen-bond acceptors (Lipinski definition) is 5. The zero-order valence-electron chi connectivity index (χ0n) is 14.8. The first-order valence-corrected chi connectivity index (χ1v) is 10.2. The summed E-state index contributed by atoms with van der Waals surface area (Å²) in [5.74, 6) is 1.10. The van der Waals surface area contributed by atoms with E-state index in [1.54, 1.807) is 47.4 Å². The van der Waals surface area contributed by atoms with E-state index in [1.165, 1.54) is 0 Å². The van der Waals surface area contributed by atoms with Crippen molar-refractivity contribution in [1.29, 1.82) is 0 Å². The van der Waals surface area contributed by atoms with Crippen LogP contribution >= 0.6 is 0 Å². The van der Waals surface area contributed by atoms with E-state index in [-0.39, 0.29) is 23.8 Å². The Morgan fingerprint density at radius 1 is 1.04 bits per heavy atom. The van der Waals surface area contributed by atoms with E-state index in [0.29, 0.717) is 30.4 Å². The lowest BCUT2D eigenvalue weighted by Crippen LogP contribution is -2.37. The summed E-state index contributed by atoms with van der Waals surface area (Å²) in [6, 6.07) is 11.4. The molecule has 1 atom stereocenters. The Bertz CT molecular complexity index is 972. The molecule has 2 aromatic rings. The molecule has 2 aliphatic rings. The Kier molecular flexibility index (Phi) is 4.53. The van der Waals surface area contributed by atoms with Gasteiger partial charge in [0, 0.05) is 30.8 Å². The maximum atomic E-state index is 12.6. The third-order valence-electron chi connectivity index (χ3n) is 4.62. The molecule has 0 spiro atoms. The van der Waals surface area contributed by atoms with Crippen LogP contribution in [0.3, 0.4) is 0 Å². The van der Waals surface area contributed by atoms with Crippen molar-refractivity contribution in [2.24, 2.45) is 0 Å². The molecule has 0 unspecified atom stereocenters. The fourth-order valence-electron chi connectivity index (χ4n) is 3.24. The van der Waals surface area contributed by atoms with E-state index in [2.05, 4.69) is 4.72 Å². The highest BCUT2D eigenvalue weighted by Crippen LogP contribution is 2.35. The van der Waals surface area contributed by atoms with Gasteiger partial charge in [-0.2, -0.15) is 0 Å². The maximum Gasteiger partial charge on any atom is 0.240 e. The lowest BCUT2D eigenvalue weighted by molar-refractivity contribution is -0.117. The minimum Gasteiger partial charge on any atom is -0.486 e. The zero-order chi connectivity index (χ0) is 19.0. The largest absolute Gasteiger partial charge is 0.486 e. The number of hydrogen-bond donors (Lipinski definition) is 1. The first-order valence-electron chi connectivity index (χ1n) is 8.71. The summed E-state index contributed by atoms with van der Waals surface area (Å²) in [6.07, 6.45) is 0.111. The summed E-state index contributed by atoms with van der Waals surface area (Å²) >= 11 is 0. The van der Waals surface area contributed by atoms with Gasteiger partial charge in [0.1, 0.15) is 13.2 Å². The molecule has 7 nitrogen and oxygen atoms in total. The van der Waals surface area contributed by atoms with E-state index in [0.717, 1.165) is 5.56 Å². The van der Waals surface area contributed by atoms with E-state index >= 15 is 0 Å². The highest BCUT2D eigenvalue weighted by molar-refractivity contribution is 7.89. The van der Waals surface area contributed by atoms with Crippen LogP contribution in [0.25, 0.3) is 0 Å². The molecule has 1 fully saturated rings. The topological polar surface area (TPSA) is 84.9 Å². The van der Waals surface area contributed by atoms with E-state index < -0.39 is 16.1 Å². The molecular formula is C19H20N2O5S. The van der Waals surface area contributed by atoms with Gasteiger partial charge in [0.25, 0.3) is 0 Å². The van der Waals surface area contributed by atoms with Crippen LogP contribution in [0.2, 0.25) is 0 Å². The minimum absolute atomic E-state index is 0.111. The standard InChI is InChI=1S/C19H20N2O5S/c1-13-2-5-16(6-3-13)27(23,24)20-14-10-19(22)21(12-14)15-4-7-17-18(11-15)26-9-8-25-17/h2-7,11,14,20H,8-10,12H2,1H3/t14-/m0/s1. The number of anilines is 1. The fourth-order valence-corrected chi connectivity index (χ4v) is 4.47. The Morgan fingerprint density at radius 3 is 2.48 bits per heavy atom. The highest BCUT2D eigenvalue weighted by atomic mass is 32.2. The number of fused-ring (bicyclic) bond motifs is 1. The molecule has 1 amide bonds. The first kappa shape index (κ1) is 17.8. The van der Waals surface area contributed by atoms with Crippen molar-refractivity contribution >= 4 is 21.6 Å². The van der Waals surface area contributed by atoms with Gasteiger partial charge in [-0.3, -0.25) is 4.79 Å². The number of ether oxygens (including phenoxy) is 2. The number of benzene rings is 2. The summed E-state index contributed by atoms with van der Waals surface area (Å²) in [7, 11) is -3.68. The number of rotatable bonds is 4. The van der Waals surface area contributed by atoms with Crippen molar-refractivity contribution in [3.05, 3.63) is 48.0 Å². The quantitative estimate of drug-likeness (QED) is 0.864. The first-order chi connectivity index (χ1) is 12.9. The summed E-state index contributed by atoms with van der Waals surface area (Å²) < 4.78 is 38.8. The van der Waals surface area contributed by atoms with Gasteiger partial charge in [0.05, 0.1) is 4.90 Å². The third kappa shape index (κ3) is 3.63. The predicted molar refractivity (Wildman–Crippen MR) is 99.7 cm³/mol. The second kappa shape index (κ2) is 6.86. The molecule has 2 aliphatic heterocycles. The van der Waals surface area contributed by atoms with E-state index in [1.807, 2.05) is 6.92 Å². The van der Waals surface area contributed by atoms with Crippen LogP contribution in [0.15, 0.2) is 47.4 Å². The summed E-state index contributed by atoms with van der Waals surface area (Å²) in [5, 5.41) is 0. The van der Waals surface area contributed by atoms with Gasteiger partial charge in [0.2, 0.25) is 15.9 Å². The molecule has 1 saturated heterocycles. The molecule has 27 heavy (non-hydrogen) atoms. The monoisotopic (exact) mass is 388 g/mol. The normalized spacial score (nSPS) is 19.4. The second-order valence-corrected chi connectivity index (χ2v) is 8.38. The number of aryl methyl sites for hydroxylation is 1. The summed E-state index contributed by atoms with van der Waals surface area (Å²) in [5.41, 5.74) is 1.65. The number of nitrogens with one attached hydrogen (secondary N) is 1. The number of sulfonamides is 1. The molecular weight excluding hydrogens is 368 g/mol. The zero-order valence-corrected chi connectivity index (χ0v) is 15.7. The van der Waals surface area contributed by atoms with Gasteiger partial charge in [-0.05, 0) is 31.2 Å². The molecule has 2 aromatic carbocycles. The molecule has 4 rings (SSSR count). The predicted octanol–water partition coefficient (Wildman–Crippen LogP) is 1.85. The van der Waals surface area contributed by atoms with Crippen LogP contribution in [0.1, 0.15) is 12.0 Å². The molecule has 1 N–H and O–H groups in total. The van der Waals surface area contributed by atoms with Crippen LogP contribution in [0.4, 0.5) is 5.69 Å². The fraction of sp³-hybridized carbons (Fsp3) is 0.316. The average Bonchev–Trinajstić information content (AvgIpc) is 3.01. The molecule has 0 radical (unpaired) electrons. The van der Waals surface area contributed by atoms with Gasteiger partial charge < -0.3 is 14.4 Å². The number of nitrogens with zero attached hydrogens (tertiary/aromatic N) is 1. The number of carbonyl (C=O) groups excluding carboxylic acids is 1. The smallest absolute Gasteiger partial charge is 0.240 e. The second-order valence-electron chi connectivity index (χ2n) is 6.67. The van der Waals surface area contributed by atoms with Gasteiger partial charge in [-0.15, -0.1) is 0 Å². The Morgan fingerprint density at radius 2 is 1.74 bits per heavy atom. The lowest BCUT2D eigenvalue weighted by atomic mass is 10.2. The van der Waals surface area contributed by atoms with Crippen molar-refractivity contribution in [1.82, 2.24) is 4.72 Å². The molecule has 8 heteroatoms. The van der Waals surface area contributed by atoms with Gasteiger partial charge in [-0.1, -0.05) is 17.7 Å². The van der Waals surface area contributed by atoms with Gasteiger partial charge in [0.15, 0.2) is 11.5 Å². The molecule has 142 valence electrons. The van der Waals surface area contributed by atoms with Crippen LogP contribution in [-0.4, -0.2) is 40.1 Å². The van der Waals surface area contributed by atoms with Crippen molar-refractivity contribution in [2.75, 3.05) is 24.7 Å². The van der Waals surface area contributed by atoms with Gasteiger partial charge in [-0.25, -0.2) is 13.1 Å². The van der Waals surface area contributed by atoms with Gasteiger partial charge >= 0.3 is 0 Å². The molecule has 0 bridgehead atoms. The minimum atomic E-state index is -3.68. The van der Waals surface area contributed by atoms with Crippen molar-refractivity contribution in [3.63, 3.8) is 0 Å². The maximum absolute atomic E-state index is 12.6. The van der Waals surface area contributed by atoms with Crippen molar-refractivity contribution in [3.8, 4) is 11.5 Å². The SMILES string of the molecule is Cc1ccc(S(=O)(=O)N[C@H]2CC(=O)N(c3ccc4c(c3)OCCO4)C2)cc1. The molecule has 0 saturated carbocycles. The number of carbonyl (C=O) groups is 1. The van der Waals surface area contributed by atoms with Crippen LogP contribution < -0.4 is 19.1 Å². The van der Waals surface area contributed by atoms with Crippen molar-refractivity contribution in [2.45, 2.75) is 24.3 Å². The Hall–Kier alpha value is -2.58. The summed E-state index contributed by atoms with van der Waals surface area (Å²) in [6.45, 7) is 3.12. The number of amides is 1. The molecule has 0 aliphatic carbocycles. The Balaban J connectivity index is 1.50. The van der Waals surface area contributed by atoms with Crippen LogP contribution in [-0.2, 0) is 14.8 Å². The average molecular weight is 388 g/mol. The van der Waals surface area contributed by atoms with Crippen LogP contribution in [0, 0.1) is 6.92 Å². The third-order valence-corrected chi connectivity index (χ3v) is 6.15. The van der Waals surface area contributed by atoms with E-state index in [4.69, 9.17) is 9.47 Å². The Labute approximate surface area is 157 Å². The molecule has 0 aromatic heterocycles. The van der Waals surface area contributed by atoms with Crippen molar-refractivity contribution < 1.29 is 22.7 Å². The molecule has 2 heterocycles. The highest BCUT2D eigenvalue weighted by Gasteiger charge is 2.34.